The van der Waals surface area contributed by atoms with E-state index in [1.54, 1.807) is 12.1 Å². The molecule has 210 valence electrons. The second-order valence-corrected chi connectivity index (χ2v) is 16.6. The number of carbonyl (C=O) groups is 2. The van der Waals surface area contributed by atoms with E-state index in [-0.39, 0.29) is 13.2 Å². The number of hydrazine groups is 1. The molecule has 0 saturated heterocycles. The van der Waals surface area contributed by atoms with E-state index in [4.69, 9.17) is 20.3 Å². The fraction of sp³-hybridized carbons (Fsp3) is 0.370. The number of nitrogens with two attached hydrogens (primary N) is 1. The molecule has 12 heteroatoms. The predicted octanol–water partition coefficient (Wildman–Crippen LogP) is 5.86. The van der Waals surface area contributed by atoms with Gasteiger partial charge in [0.25, 0.3) is 0 Å². The molecule has 3 N–H and O–H groups in total. The van der Waals surface area contributed by atoms with Crippen LogP contribution in [0.2, 0.25) is 25.7 Å². The summed E-state index contributed by atoms with van der Waals surface area (Å²) in [7, 11) is 0.0809. The molecule has 0 aliphatic rings. The lowest BCUT2D eigenvalue weighted by Gasteiger charge is -2.17. The number of hydrogen-bond donors (Lipinski definition) is 2. The van der Waals surface area contributed by atoms with E-state index in [1.165, 1.54) is 7.11 Å². The molecule has 0 bridgehead atoms. The van der Waals surface area contributed by atoms with E-state index < -0.39 is 20.3 Å². The number of hydrogen-bond acceptors (Lipinski definition) is 7. The third kappa shape index (κ3) is 9.81. The van der Waals surface area contributed by atoms with Crippen LogP contribution in [0.3, 0.4) is 0 Å². The zero-order valence-electron chi connectivity index (χ0n) is 22.8. The molecule has 10 nitrogen and oxygen atoms in total. The van der Waals surface area contributed by atoms with E-state index in [2.05, 4.69) is 45.6 Å². The Bertz CT molecular complexity index is 1250. The molecule has 0 aliphatic heterocycles. The van der Waals surface area contributed by atoms with Crippen molar-refractivity contribution in [1.82, 2.24) is 14.6 Å². The van der Waals surface area contributed by atoms with Gasteiger partial charge in [-0.25, -0.2) is 25.4 Å². The van der Waals surface area contributed by atoms with Crippen molar-refractivity contribution in [3.05, 3.63) is 70.6 Å². The largest absolute Gasteiger partial charge is 0.453 e. The molecule has 0 saturated carbocycles. The Labute approximate surface area is 238 Å². The van der Waals surface area contributed by atoms with Gasteiger partial charge in [0.1, 0.15) is 19.2 Å². The summed E-state index contributed by atoms with van der Waals surface area (Å²) in [5.41, 5.74) is 3.01. The lowest BCUT2D eigenvalue weighted by atomic mass is 10.1. The summed E-state index contributed by atoms with van der Waals surface area (Å²) in [5.74, 6) is 6.72. The highest BCUT2D eigenvalue weighted by atomic mass is 79.9. The molecule has 39 heavy (non-hydrogen) atoms. The molecule has 3 rings (SSSR count). The quantitative estimate of drug-likeness (QED) is 0.0858. The van der Waals surface area contributed by atoms with Crippen LogP contribution in [0.1, 0.15) is 11.4 Å². The van der Waals surface area contributed by atoms with Gasteiger partial charge in [-0.15, -0.1) is 0 Å². The minimum atomic E-state index is -1.23. The van der Waals surface area contributed by atoms with Crippen LogP contribution in [0, 0.1) is 0 Å². The Balaban J connectivity index is 1.71. The lowest BCUT2D eigenvalue weighted by molar-refractivity contribution is 0.0835. The number of halogens is 1. The number of nitrogens with one attached hydrogen (secondary N) is 1. The van der Waals surface area contributed by atoms with E-state index in [0.717, 1.165) is 26.7 Å². The molecule has 2 amide bonds. The number of ether oxygens (including phenoxy) is 3. The van der Waals surface area contributed by atoms with Gasteiger partial charge in [0, 0.05) is 49.6 Å². The van der Waals surface area contributed by atoms with Gasteiger partial charge in [-0.2, -0.15) is 0 Å². The van der Waals surface area contributed by atoms with Crippen molar-refractivity contribution in [1.29, 1.82) is 0 Å². The molecule has 0 aliphatic carbocycles. The SMILES string of the molecule is COC(=O)Nc1ccc(-c2cn(COCC[Si](C)(C)C)c(CCN(N)C(=O)OCc3ccccc3)n2)c(Br)c1. The third-order valence-corrected chi connectivity index (χ3v) is 8.14. The van der Waals surface area contributed by atoms with Crippen LogP contribution in [-0.2, 0) is 34.0 Å². The number of imidazole rings is 1. The molecule has 3 aromatic rings. The Kier molecular flexibility index (Phi) is 11.1. The summed E-state index contributed by atoms with van der Waals surface area (Å²) in [6.07, 6.45) is 1.14. The highest BCUT2D eigenvalue weighted by Gasteiger charge is 2.17. The summed E-state index contributed by atoms with van der Waals surface area (Å²) in [4.78, 5) is 28.8. The molecule has 1 aromatic heterocycles. The van der Waals surface area contributed by atoms with Crippen LogP contribution in [0.15, 0.2) is 59.2 Å². The zero-order valence-corrected chi connectivity index (χ0v) is 25.4. The number of nitrogens with zero attached hydrogens (tertiary/aromatic N) is 3. The average Bonchev–Trinajstić information content (AvgIpc) is 3.30. The van der Waals surface area contributed by atoms with Gasteiger partial charge in [-0.3, -0.25) is 5.32 Å². The van der Waals surface area contributed by atoms with Gasteiger partial charge < -0.3 is 18.8 Å². The van der Waals surface area contributed by atoms with Crippen LogP contribution in [0.25, 0.3) is 11.3 Å². The van der Waals surface area contributed by atoms with Gasteiger partial charge in [-0.05, 0) is 29.8 Å². The summed E-state index contributed by atoms with van der Waals surface area (Å²) >= 11 is 3.58. The molecule has 0 unspecified atom stereocenters. The van der Waals surface area contributed by atoms with Crippen LogP contribution in [0.5, 0.6) is 0 Å². The van der Waals surface area contributed by atoms with E-state index >= 15 is 0 Å². The minimum absolute atomic E-state index is 0.145. The Hall–Kier alpha value is -3.19. The Morgan fingerprint density at radius 3 is 2.56 bits per heavy atom. The predicted molar refractivity (Wildman–Crippen MR) is 157 cm³/mol. The zero-order chi connectivity index (χ0) is 28.4. The second-order valence-electron chi connectivity index (χ2n) is 10.2. The fourth-order valence-electron chi connectivity index (χ4n) is 3.52. The van der Waals surface area contributed by atoms with Crippen molar-refractivity contribution in [3.63, 3.8) is 0 Å². The monoisotopic (exact) mass is 617 g/mol. The maximum Gasteiger partial charge on any atom is 0.424 e. The third-order valence-electron chi connectivity index (χ3n) is 5.78. The summed E-state index contributed by atoms with van der Waals surface area (Å²) in [6.45, 7) is 8.26. The second kappa shape index (κ2) is 14.3. The van der Waals surface area contributed by atoms with Crippen LogP contribution in [-0.4, -0.2) is 55.1 Å². The number of carbonyl (C=O) groups excluding carboxylic acids is 2. The molecule has 0 radical (unpaired) electrons. The van der Waals surface area contributed by atoms with Gasteiger partial charge in [-0.1, -0.05) is 65.9 Å². The highest BCUT2D eigenvalue weighted by molar-refractivity contribution is 9.10. The molecule has 0 spiro atoms. The first kappa shape index (κ1) is 30.3. The maximum absolute atomic E-state index is 12.4. The summed E-state index contributed by atoms with van der Waals surface area (Å²) in [5, 5.41) is 3.69. The summed E-state index contributed by atoms with van der Waals surface area (Å²) in [6, 6.07) is 15.9. The molecular formula is C27H36BrN5O5Si. The molecule has 1 heterocycles. The molecule has 2 aromatic carbocycles. The number of benzene rings is 2. The standard InChI is InChI=1S/C27H36BrN5O5Si/c1-36-26(34)30-21-10-11-22(23(28)16-21)24-17-32(19-37-14-15-39(2,3)4)25(31-24)12-13-33(29)27(35)38-18-20-8-6-5-7-9-20/h5-11,16-17H,12-15,18-19,29H2,1-4H3,(H,30,34). The number of aromatic nitrogens is 2. The fourth-order valence-corrected chi connectivity index (χ4v) is 4.86. The van der Waals surface area contributed by atoms with Gasteiger partial charge >= 0.3 is 12.2 Å². The number of methoxy groups -OCH3 is 1. The van der Waals surface area contributed by atoms with Gasteiger partial charge in [0.2, 0.25) is 0 Å². The first-order valence-corrected chi connectivity index (χ1v) is 17.1. The highest BCUT2D eigenvalue weighted by Crippen LogP contribution is 2.30. The van der Waals surface area contributed by atoms with Crippen LogP contribution >= 0.6 is 15.9 Å². The van der Waals surface area contributed by atoms with Crippen molar-refractivity contribution in [2.24, 2.45) is 5.84 Å². The first-order chi connectivity index (χ1) is 18.6. The molecular weight excluding hydrogens is 582 g/mol. The smallest absolute Gasteiger partial charge is 0.424 e. The summed E-state index contributed by atoms with van der Waals surface area (Å²) < 4.78 is 18.6. The normalized spacial score (nSPS) is 11.2. The van der Waals surface area contributed by atoms with Crippen molar-refractivity contribution in [2.75, 3.05) is 25.6 Å². The average molecular weight is 619 g/mol. The van der Waals surface area contributed by atoms with Crippen molar-refractivity contribution in [2.45, 2.75) is 45.4 Å². The van der Waals surface area contributed by atoms with Crippen molar-refractivity contribution >= 4 is 41.9 Å². The first-order valence-electron chi connectivity index (χ1n) is 12.6. The number of rotatable bonds is 12. The molecule has 0 fully saturated rings. The van der Waals surface area contributed by atoms with E-state index in [1.807, 2.05) is 47.2 Å². The van der Waals surface area contributed by atoms with E-state index in [9.17, 15) is 9.59 Å². The van der Waals surface area contributed by atoms with Crippen molar-refractivity contribution in [3.8, 4) is 11.3 Å². The topological polar surface area (TPSA) is 121 Å². The minimum Gasteiger partial charge on any atom is -0.453 e. The van der Waals surface area contributed by atoms with Crippen LogP contribution < -0.4 is 11.2 Å². The lowest BCUT2D eigenvalue weighted by Crippen LogP contribution is -2.39. The van der Waals surface area contributed by atoms with Gasteiger partial charge in [0.15, 0.2) is 0 Å². The Morgan fingerprint density at radius 1 is 1.15 bits per heavy atom. The number of anilines is 1. The van der Waals surface area contributed by atoms with Gasteiger partial charge in [0.05, 0.1) is 12.8 Å². The molecule has 0 atom stereocenters. The maximum atomic E-state index is 12.4. The number of amides is 2. The Morgan fingerprint density at radius 2 is 1.90 bits per heavy atom. The van der Waals surface area contributed by atoms with Crippen molar-refractivity contribution < 1.29 is 23.8 Å². The van der Waals surface area contributed by atoms with E-state index in [0.29, 0.717) is 37.0 Å². The van der Waals surface area contributed by atoms with Crippen LogP contribution in [0.4, 0.5) is 15.3 Å².